The van der Waals surface area contributed by atoms with Gasteiger partial charge in [-0.25, -0.2) is 9.48 Å². The van der Waals surface area contributed by atoms with Gasteiger partial charge in [-0.15, -0.1) is 5.10 Å². The largest absolute Gasteiger partial charge is 0.469 e. The Labute approximate surface area is 231 Å². The van der Waals surface area contributed by atoms with Crippen molar-refractivity contribution in [1.82, 2.24) is 19.7 Å². The van der Waals surface area contributed by atoms with Gasteiger partial charge in [0.1, 0.15) is 6.54 Å². The molecule has 1 unspecified atom stereocenters. The zero-order valence-electron chi connectivity index (χ0n) is 21.4. The first-order valence-corrected chi connectivity index (χ1v) is 12.8. The number of methoxy groups -OCH3 is 1. The van der Waals surface area contributed by atoms with Gasteiger partial charge in [0.2, 0.25) is 5.91 Å². The molecule has 4 rings (SSSR count). The summed E-state index contributed by atoms with van der Waals surface area (Å²) in [5.74, 6) is -2.85. The Morgan fingerprint density at radius 3 is 2.48 bits per heavy atom. The number of alkyl halides is 3. The molecule has 3 aromatic rings. The molecule has 1 aliphatic rings. The number of carbonyl (C=O) groups excluding carboxylic acids is 3. The number of hydrogen-bond acceptors (Lipinski definition) is 6. The van der Waals surface area contributed by atoms with Gasteiger partial charge in [-0.05, 0) is 48.7 Å². The Balaban J connectivity index is 1.58. The summed E-state index contributed by atoms with van der Waals surface area (Å²) in [4.78, 5) is 50.7. The third-order valence-corrected chi connectivity index (χ3v) is 6.68. The van der Waals surface area contributed by atoms with E-state index in [0.29, 0.717) is 16.4 Å². The van der Waals surface area contributed by atoms with E-state index < -0.39 is 54.0 Å². The van der Waals surface area contributed by atoms with Gasteiger partial charge >= 0.3 is 17.8 Å². The van der Waals surface area contributed by atoms with Crippen molar-refractivity contribution in [3.8, 4) is 11.4 Å². The van der Waals surface area contributed by atoms with E-state index in [-0.39, 0.29) is 24.6 Å². The number of aromatic nitrogens is 3. The molecule has 212 valence electrons. The highest BCUT2D eigenvalue weighted by molar-refractivity contribution is 6.30. The van der Waals surface area contributed by atoms with Crippen molar-refractivity contribution in [2.24, 2.45) is 0 Å². The second-order valence-electron chi connectivity index (χ2n) is 9.41. The Kier molecular flexibility index (Phi) is 8.77. The Bertz CT molecular complexity index is 1460. The monoisotopic (exact) mass is 578 g/mol. The van der Waals surface area contributed by atoms with E-state index >= 15 is 0 Å². The van der Waals surface area contributed by atoms with Crippen LogP contribution in [0, 0.1) is 0 Å². The molecular weight excluding hydrogens is 553 g/mol. The lowest BCUT2D eigenvalue weighted by Crippen LogP contribution is -2.34. The minimum Gasteiger partial charge on any atom is -0.469 e. The summed E-state index contributed by atoms with van der Waals surface area (Å²) in [6, 6.07) is 10.8. The lowest BCUT2D eigenvalue weighted by atomic mass is 9.91. The van der Waals surface area contributed by atoms with Crippen molar-refractivity contribution >= 4 is 29.3 Å². The number of ether oxygens (including phenoxy) is 1. The number of hydrogen-bond donors (Lipinski definition) is 1. The van der Waals surface area contributed by atoms with Crippen LogP contribution in [0.1, 0.15) is 48.8 Å². The van der Waals surface area contributed by atoms with Crippen LogP contribution in [-0.4, -0.2) is 45.7 Å². The molecule has 1 aromatic heterocycles. The smallest absolute Gasteiger partial charge is 0.416 e. The minimum atomic E-state index is -4.66. The van der Waals surface area contributed by atoms with E-state index in [0.717, 1.165) is 35.7 Å². The fraction of sp³-hybridized carbons (Fsp3) is 0.370. The molecule has 1 heterocycles. The predicted octanol–water partition coefficient (Wildman–Crippen LogP) is 4.14. The van der Waals surface area contributed by atoms with Gasteiger partial charge in [0, 0.05) is 29.6 Å². The number of carbonyl (C=O) groups is 3. The highest BCUT2D eigenvalue weighted by Gasteiger charge is 2.33. The van der Waals surface area contributed by atoms with Gasteiger partial charge in [0.15, 0.2) is 11.6 Å². The van der Waals surface area contributed by atoms with Crippen molar-refractivity contribution in [1.29, 1.82) is 0 Å². The lowest BCUT2D eigenvalue weighted by molar-refractivity contribution is -0.141. The van der Waals surface area contributed by atoms with Crippen LogP contribution in [0.5, 0.6) is 0 Å². The number of rotatable bonds is 11. The normalized spacial score (nSPS) is 14.0. The summed E-state index contributed by atoms with van der Waals surface area (Å²) in [5.41, 5.74) is -0.876. The molecule has 0 aliphatic heterocycles. The summed E-state index contributed by atoms with van der Waals surface area (Å²) in [5, 5.41) is 7.34. The summed E-state index contributed by atoms with van der Waals surface area (Å²) in [6.45, 7) is -0.616. The zero-order chi connectivity index (χ0) is 29.0. The SMILES string of the molecule is COC(=O)CCNC(=O)C(CC(=O)Cn1nc(-c2ccc(Cl)cc2)n(C2CC2)c1=O)c1cccc(C(F)(F)F)c1. The molecule has 1 fully saturated rings. The third kappa shape index (κ3) is 6.98. The second kappa shape index (κ2) is 12.1. The summed E-state index contributed by atoms with van der Waals surface area (Å²) in [7, 11) is 1.18. The van der Waals surface area contributed by atoms with Gasteiger partial charge in [0.05, 0.1) is 25.0 Å². The van der Waals surface area contributed by atoms with Gasteiger partial charge in [-0.1, -0.05) is 29.8 Å². The quantitative estimate of drug-likeness (QED) is 0.342. The van der Waals surface area contributed by atoms with Crippen molar-refractivity contribution in [3.05, 3.63) is 75.2 Å². The van der Waals surface area contributed by atoms with Crippen LogP contribution in [0.2, 0.25) is 5.02 Å². The fourth-order valence-corrected chi connectivity index (χ4v) is 4.37. The molecule has 1 saturated carbocycles. The van der Waals surface area contributed by atoms with E-state index in [1.54, 1.807) is 24.3 Å². The first-order valence-electron chi connectivity index (χ1n) is 12.5. The van der Waals surface area contributed by atoms with Crippen LogP contribution in [0.25, 0.3) is 11.4 Å². The van der Waals surface area contributed by atoms with E-state index in [1.807, 2.05) is 0 Å². The minimum absolute atomic E-state index is 0.0311. The van der Waals surface area contributed by atoms with Crippen molar-refractivity contribution in [3.63, 3.8) is 0 Å². The van der Waals surface area contributed by atoms with Crippen molar-refractivity contribution < 1.29 is 32.3 Å². The number of nitrogens with one attached hydrogen (secondary N) is 1. The molecule has 0 radical (unpaired) electrons. The molecule has 0 spiro atoms. The molecule has 1 aliphatic carbocycles. The average Bonchev–Trinajstić information content (AvgIpc) is 3.70. The average molecular weight is 579 g/mol. The predicted molar refractivity (Wildman–Crippen MR) is 139 cm³/mol. The van der Waals surface area contributed by atoms with E-state index in [4.69, 9.17) is 11.6 Å². The van der Waals surface area contributed by atoms with Gasteiger partial charge in [-0.2, -0.15) is 13.2 Å². The molecular formula is C27H26ClF3N4O5. The van der Waals surface area contributed by atoms with Crippen LogP contribution < -0.4 is 11.0 Å². The number of esters is 1. The molecule has 1 atom stereocenters. The first kappa shape index (κ1) is 29.1. The maximum absolute atomic E-state index is 13.4. The van der Waals surface area contributed by atoms with Gasteiger partial charge in [0.25, 0.3) is 0 Å². The standard InChI is InChI=1S/C27H26ClF3N4O5/c1-40-23(37)11-12-32-25(38)22(17-3-2-4-18(13-17)27(29,30)31)14-21(36)15-34-26(39)35(20-9-10-20)24(33-34)16-5-7-19(28)8-6-16/h2-8,13,20,22H,9-12,14-15H2,1H3,(H,32,38). The van der Waals surface area contributed by atoms with Crippen molar-refractivity contribution in [2.75, 3.05) is 13.7 Å². The Morgan fingerprint density at radius 1 is 1.15 bits per heavy atom. The number of nitrogens with zero attached hydrogens (tertiary/aromatic N) is 3. The first-order chi connectivity index (χ1) is 19.0. The number of amides is 1. The van der Waals surface area contributed by atoms with Crippen molar-refractivity contribution in [2.45, 2.75) is 50.4 Å². The van der Waals surface area contributed by atoms with E-state index in [1.165, 1.54) is 17.7 Å². The van der Waals surface area contributed by atoms with Crippen LogP contribution in [0.4, 0.5) is 13.2 Å². The molecule has 0 saturated heterocycles. The lowest BCUT2D eigenvalue weighted by Gasteiger charge is -2.18. The number of Topliss-reactive ketones (excluding diaryl/α,β-unsaturated/α-hetero) is 1. The number of halogens is 4. The summed E-state index contributed by atoms with van der Waals surface area (Å²) in [6.07, 6.45) is -3.75. The second-order valence-corrected chi connectivity index (χ2v) is 9.84. The van der Waals surface area contributed by atoms with Gasteiger partial charge < -0.3 is 10.1 Å². The fourth-order valence-electron chi connectivity index (χ4n) is 4.25. The molecule has 9 nitrogen and oxygen atoms in total. The highest BCUT2D eigenvalue weighted by atomic mass is 35.5. The summed E-state index contributed by atoms with van der Waals surface area (Å²) < 4.78 is 47.1. The molecule has 1 amide bonds. The molecule has 40 heavy (non-hydrogen) atoms. The van der Waals surface area contributed by atoms with Crippen LogP contribution in [0.3, 0.4) is 0 Å². The molecule has 1 N–H and O–H groups in total. The molecule has 0 bridgehead atoms. The topological polar surface area (TPSA) is 112 Å². The Hall–Kier alpha value is -3.93. The maximum Gasteiger partial charge on any atom is 0.416 e. The van der Waals surface area contributed by atoms with E-state index in [2.05, 4.69) is 15.2 Å². The van der Waals surface area contributed by atoms with Crippen LogP contribution in [-0.2, 0) is 31.8 Å². The van der Waals surface area contributed by atoms with Crippen LogP contribution in [0.15, 0.2) is 53.3 Å². The highest BCUT2D eigenvalue weighted by Crippen LogP contribution is 2.37. The van der Waals surface area contributed by atoms with E-state index in [9.17, 15) is 32.3 Å². The number of benzene rings is 2. The number of ketones is 1. The van der Waals surface area contributed by atoms with Crippen LogP contribution >= 0.6 is 11.6 Å². The Morgan fingerprint density at radius 2 is 1.85 bits per heavy atom. The zero-order valence-corrected chi connectivity index (χ0v) is 22.2. The maximum atomic E-state index is 13.4. The summed E-state index contributed by atoms with van der Waals surface area (Å²) >= 11 is 5.98. The molecule has 2 aromatic carbocycles. The van der Waals surface area contributed by atoms with Gasteiger partial charge in [-0.3, -0.25) is 19.0 Å². The molecule has 13 heteroatoms. The third-order valence-electron chi connectivity index (χ3n) is 6.43.